The van der Waals surface area contributed by atoms with Crippen LogP contribution in [0.5, 0.6) is 11.5 Å². The van der Waals surface area contributed by atoms with Crippen LogP contribution >= 0.6 is 0 Å². The second kappa shape index (κ2) is 11.4. The highest BCUT2D eigenvalue weighted by Gasteiger charge is 2.53. The lowest BCUT2D eigenvalue weighted by Gasteiger charge is -2.56. The average Bonchev–Trinajstić information content (AvgIpc) is 3.48. The smallest absolute Gasteiger partial charge is 0.271 e. The molecule has 0 unspecified atom stereocenters. The Morgan fingerprint density at radius 3 is 2.24 bits per heavy atom. The summed E-state index contributed by atoms with van der Waals surface area (Å²) in [5.41, 5.74) is 4.56. The zero-order valence-corrected chi connectivity index (χ0v) is 26.1. The number of methoxy groups -OCH3 is 2. The van der Waals surface area contributed by atoms with Crippen molar-refractivity contribution in [3.63, 3.8) is 0 Å². The highest BCUT2D eigenvalue weighted by molar-refractivity contribution is 6.19. The fourth-order valence-corrected chi connectivity index (χ4v) is 8.78. The van der Waals surface area contributed by atoms with E-state index in [0.717, 1.165) is 59.5 Å². The highest BCUT2D eigenvalue weighted by Crippen LogP contribution is 2.61. The van der Waals surface area contributed by atoms with Gasteiger partial charge in [0.15, 0.2) is 11.5 Å². The zero-order valence-electron chi connectivity index (χ0n) is 26.1. The number of carbonyl (C=O) groups excluding carboxylic acids is 2. The Balaban J connectivity index is 1.28. The summed E-state index contributed by atoms with van der Waals surface area (Å²) in [5, 5.41) is 15.3. The maximum Gasteiger partial charge on any atom is 0.271 e. The molecule has 0 N–H and O–H groups in total. The van der Waals surface area contributed by atoms with E-state index in [4.69, 9.17) is 14.6 Å². The summed E-state index contributed by atoms with van der Waals surface area (Å²) in [7, 11) is 3.15. The van der Waals surface area contributed by atoms with Gasteiger partial charge in [0, 0.05) is 29.3 Å². The van der Waals surface area contributed by atoms with E-state index in [9.17, 15) is 14.9 Å². The quantitative estimate of drug-likeness (QED) is 0.225. The predicted molar refractivity (Wildman–Crippen MR) is 170 cm³/mol. The van der Waals surface area contributed by atoms with Crippen molar-refractivity contribution in [1.29, 1.82) is 5.26 Å². The van der Waals surface area contributed by atoms with Gasteiger partial charge in [-0.2, -0.15) is 10.4 Å². The van der Waals surface area contributed by atoms with Crippen molar-refractivity contribution in [2.24, 2.45) is 17.8 Å². The van der Waals surface area contributed by atoms with Crippen LogP contribution < -0.4 is 9.47 Å². The number of para-hydroxylation sites is 1. The van der Waals surface area contributed by atoms with Crippen LogP contribution in [0.25, 0.3) is 11.8 Å². The molecule has 45 heavy (non-hydrogen) atoms. The molecular weight excluding hydrogens is 564 g/mol. The van der Waals surface area contributed by atoms with Gasteiger partial charge in [-0.05, 0) is 111 Å². The molecule has 4 fully saturated rings. The number of hydrogen-bond donors (Lipinski definition) is 0. The first-order chi connectivity index (χ1) is 21.8. The van der Waals surface area contributed by atoms with Gasteiger partial charge >= 0.3 is 0 Å². The number of imide groups is 1. The third kappa shape index (κ3) is 5.04. The Kier molecular flexibility index (Phi) is 7.35. The predicted octanol–water partition coefficient (Wildman–Crippen LogP) is 6.19. The molecule has 3 aromatic rings. The minimum absolute atomic E-state index is 0.0000304. The largest absolute Gasteiger partial charge is 0.493 e. The zero-order chi connectivity index (χ0) is 31.3. The Morgan fingerprint density at radius 2 is 1.62 bits per heavy atom. The van der Waals surface area contributed by atoms with E-state index in [1.807, 2.05) is 59.4 Å². The summed E-state index contributed by atoms with van der Waals surface area (Å²) in [6.45, 7) is 1.84. The van der Waals surface area contributed by atoms with Gasteiger partial charge in [0.05, 0.1) is 25.6 Å². The minimum atomic E-state index is -0.557. The molecule has 8 nitrogen and oxygen atoms in total. The molecular formula is C37H38N4O4. The standard InChI is InChI=1S/C37H38N4O4/c1-23-30(35(42)40(36(43)31(23)21-38)12-11-24-9-10-32(44-2)33(16-24)45-3)17-28-22-41(29-7-5-4-6-8-29)39-34(28)37-18-25-13-26(19-37)15-27(14-25)20-37/h4-10,16-17,22,25-27H,11-15,18-20H2,1-3H3/b30-17+. The molecule has 1 aliphatic heterocycles. The monoisotopic (exact) mass is 602 g/mol. The van der Waals surface area contributed by atoms with E-state index >= 15 is 0 Å². The summed E-state index contributed by atoms with van der Waals surface area (Å²) in [5.74, 6) is 2.42. The van der Waals surface area contributed by atoms with E-state index < -0.39 is 5.91 Å². The van der Waals surface area contributed by atoms with E-state index in [1.54, 1.807) is 27.2 Å². The lowest BCUT2D eigenvalue weighted by molar-refractivity contribution is -0.140. The summed E-state index contributed by atoms with van der Waals surface area (Å²) >= 11 is 0. The maximum absolute atomic E-state index is 14.1. The number of nitrogens with zero attached hydrogens (tertiary/aromatic N) is 4. The number of benzene rings is 2. The molecule has 230 valence electrons. The summed E-state index contributed by atoms with van der Waals surface area (Å²) in [4.78, 5) is 28.8. The van der Waals surface area contributed by atoms with Gasteiger partial charge in [-0.25, -0.2) is 4.68 Å². The van der Waals surface area contributed by atoms with E-state index in [2.05, 4.69) is 6.07 Å². The first-order valence-electron chi connectivity index (χ1n) is 15.9. The van der Waals surface area contributed by atoms with E-state index in [1.165, 1.54) is 24.2 Å². The lowest BCUT2D eigenvalue weighted by atomic mass is 9.48. The molecule has 4 aliphatic carbocycles. The number of rotatable bonds is 8. The molecule has 8 rings (SSSR count). The molecule has 0 atom stereocenters. The van der Waals surface area contributed by atoms with E-state index in [-0.39, 0.29) is 23.4 Å². The Labute approximate surface area is 263 Å². The van der Waals surface area contributed by atoms with Gasteiger partial charge in [0.25, 0.3) is 11.8 Å². The van der Waals surface area contributed by atoms with E-state index in [0.29, 0.717) is 29.1 Å². The Hall–Kier alpha value is -4.64. The number of hydrogen-bond acceptors (Lipinski definition) is 6. The SMILES string of the molecule is COc1ccc(CCN2C(=O)C(C#N)=C(C)/C(=C\c3cn(-c4ccccc4)nc3C34CC5CC(CC(C5)C3)C4)C2=O)cc1OC. The summed E-state index contributed by atoms with van der Waals surface area (Å²) in [6.07, 6.45) is 11.7. The van der Waals surface area contributed by atoms with Crippen molar-refractivity contribution in [2.75, 3.05) is 20.8 Å². The van der Waals surface area contributed by atoms with Crippen molar-refractivity contribution >= 4 is 17.9 Å². The third-order valence-electron chi connectivity index (χ3n) is 10.5. The lowest BCUT2D eigenvalue weighted by Crippen LogP contribution is -2.49. The Morgan fingerprint density at radius 1 is 0.956 bits per heavy atom. The Bertz CT molecular complexity index is 1740. The van der Waals surface area contributed by atoms with Crippen LogP contribution in [0.1, 0.15) is 62.3 Å². The normalized spacial score (nSPS) is 26.5. The molecule has 4 bridgehead atoms. The van der Waals surface area contributed by atoms with Crippen molar-refractivity contribution in [3.05, 3.63) is 88.3 Å². The second-order valence-corrected chi connectivity index (χ2v) is 13.3. The fraction of sp³-hybridized carbons (Fsp3) is 0.405. The minimum Gasteiger partial charge on any atom is -0.493 e. The van der Waals surface area contributed by atoms with Gasteiger partial charge in [0.2, 0.25) is 0 Å². The van der Waals surface area contributed by atoms with Crippen molar-refractivity contribution in [3.8, 4) is 23.3 Å². The number of aromatic nitrogens is 2. The average molecular weight is 603 g/mol. The molecule has 8 heteroatoms. The van der Waals surface area contributed by atoms with Gasteiger partial charge < -0.3 is 9.47 Å². The van der Waals surface area contributed by atoms with Crippen LogP contribution in [0.3, 0.4) is 0 Å². The molecule has 4 saturated carbocycles. The second-order valence-electron chi connectivity index (χ2n) is 13.3. The summed E-state index contributed by atoms with van der Waals surface area (Å²) in [6, 6.07) is 17.7. The molecule has 0 spiro atoms. The van der Waals surface area contributed by atoms with Crippen molar-refractivity contribution in [2.45, 2.75) is 57.3 Å². The van der Waals surface area contributed by atoms with Gasteiger partial charge in [-0.15, -0.1) is 0 Å². The van der Waals surface area contributed by atoms with Crippen molar-refractivity contribution < 1.29 is 19.1 Å². The highest BCUT2D eigenvalue weighted by atomic mass is 16.5. The van der Waals surface area contributed by atoms with Crippen LogP contribution in [0.2, 0.25) is 0 Å². The first kappa shape index (κ1) is 29.1. The third-order valence-corrected chi connectivity index (χ3v) is 10.5. The molecule has 1 aromatic heterocycles. The van der Waals surface area contributed by atoms with Crippen LogP contribution in [-0.4, -0.2) is 47.3 Å². The molecule has 2 heterocycles. The fourth-order valence-electron chi connectivity index (χ4n) is 8.78. The molecule has 2 aromatic carbocycles. The number of amides is 2. The molecule has 0 radical (unpaired) electrons. The van der Waals surface area contributed by atoms with Crippen LogP contribution in [0, 0.1) is 29.1 Å². The molecule has 0 saturated heterocycles. The molecule has 5 aliphatic rings. The van der Waals surface area contributed by atoms with Crippen molar-refractivity contribution in [1.82, 2.24) is 14.7 Å². The van der Waals surface area contributed by atoms with Crippen LogP contribution in [0.15, 0.2) is 71.4 Å². The first-order valence-corrected chi connectivity index (χ1v) is 15.9. The number of ether oxygens (including phenoxy) is 2. The van der Waals surface area contributed by atoms with Gasteiger partial charge in [0.1, 0.15) is 11.6 Å². The van der Waals surface area contributed by atoms with Gasteiger partial charge in [-0.1, -0.05) is 24.3 Å². The topological polar surface area (TPSA) is 97.5 Å². The van der Waals surface area contributed by atoms with Crippen LogP contribution in [-0.2, 0) is 21.4 Å². The number of carbonyl (C=O) groups is 2. The summed E-state index contributed by atoms with van der Waals surface area (Å²) < 4.78 is 12.7. The van der Waals surface area contributed by atoms with Gasteiger partial charge in [-0.3, -0.25) is 14.5 Å². The number of nitriles is 1. The molecule has 2 amide bonds. The maximum atomic E-state index is 14.1. The van der Waals surface area contributed by atoms with Crippen LogP contribution in [0.4, 0.5) is 0 Å².